The van der Waals surface area contributed by atoms with Crippen molar-refractivity contribution in [1.82, 2.24) is 0 Å². The van der Waals surface area contributed by atoms with Gasteiger partial charge in [0.05, 0.1) is 0 Å². The van der Waals surface area contributed by atoms with Crippen molar-refractivity contribution in [2.75, 3.05) is 0 Å². The fraction of sp³-hybridized carbons (Fsp3) is 0.200. The second kappa shape index (κ2) is 3.28. The van der Waals surface area contributed by atoms with Gasteiger partial charge in [0.25, 0.3) is 0 Å². The van der Waals surface area contributed by atoms with Gasteiger partial charge in [-0.1, -0.05) is 18.5 Å². The van der Waals surface area contributed by atoms with E-state index in [9.17, 15) is 4.39 Å². The molecule has 0 fully saturated rings. The largest absolute Gasteiger partial charge is 0.195 e. The molecule has 0 radical (unpaired) electrons. The number of hydrogen-bond acceptors (Lipinski definition) is 1. The molecule has 13 heavy (non-hydrogen) atoms. The van der Waals surface area contributed by atoms with E-state index in [0.717, 1.165) is 33.4 Å². The molecule has 0 aliphatic heterocycles. The molecule has 68 valence electrons. The average molecular weight is 215 g/mol. The molecule has 0 atom stereocenters. The highest BCUT2D eigenvalue weighted by Crippen LogP contribution is 2.31. The van der Waals surface area contributed by atoms with Crippen molar-refractivity contribution in [2.24, 2.45) is 0 Å². The van der Waals surface area contributed by atoms with Crippen LogP contribution >= 0.6 is 22.9 Å². The van der Waals surface area contributed by atoms with E-state index in [1.54, 1.807) is 0 Å². The molecule has 0 saturated carbocycles. The van der Waals surface area contributed by atoms with Crippen LogP contribution in [0, 0.1) is 5.13 Å². The zero-order valence-corrected chi connectivity index (χ0v) is 8.68. The molecule has 0 spiro atoms. The maximum atomic E-state index is 12.9. The number of fused-ring (bicyclic) bond motifs is 1. The van der Waals surface area contributed by atoms with Gasteiger partial charge in [0.15, 0.2) is 5.13 Å². The first-order valence-electron chi connectivity index (χ1n) is 4.08. The second-order valence-corrected chi connectivity index (χ2v) is 4.33. The lowest BCUT2D eigenvalue weighted by Gasteiger charge is -1.98. The SMILES string of the molecule is CCc1cc(Cl)c2cc(F)sc2c1. The fourth-order valence-electron chi connectivity index (χ4n) is 1.32. The highest BCUT2D eigenvalue weighted by molar-refractivity contribution is 7.17. The molecule has 1 aromatic carbocycles. The molecule has 0 saturated heterocycles. The van der Waals surface area contributed by atoms with Gasteiger partial charge in [-0.3, -0.25) is 0 Å². The van der Waals surface area contributed by atoms with Crippen LogP contribution in [0.25, 0.3) is 10.1 Å². The van der Waals surface area contributed by atoms with Crippen LogP contribution in [0.3, 0.4) is 0 Å². The van der Waals surface area contributed by atoms with E-state index in [-0.39, 0.29) is 5.13 Å². The number of aryl methyl sites for hydroxylation is 1. The molecule has 0 aliphatic rings. The quantitative estimate of drug-likeness (QED) is 0.666. The van der Waals surface area contributed by atoms with Crippen molar-refractivity contribution in [2.45, 2.75) is 13.3 Å². The predicted octanol–water partition coefficient (Wildman–Crippen LogP) is 4.26. The summed E-state index contributed by atoms with van der Waals surface area (Å²) in [4.78, 5) is 0. The van der Waals surface area contributed by atoms with Gasteiger partial charge in [0.1, 0.15) is 0 Å². The Bertz CT molecular complexity index is 447. The minimum absolute atomic E-state index is 0.176. The first-order valence-corrected chi connectivity index (χ1v) is 5.27. The summed E-state index contributed by atoms with van der Waals surface area (Å²) in [5.74, 6) is 0. The summed E-state index contributed by atoms with van der Waals surface area (Å²) in [5, 5.41) is 1.29. The van der Waals surface area contributed by atoms with E-state index >= 15 is 0 Å². The Hall–Kier alpha value is -0.600. The van der Waals surface area contributed by atoms with E-state index < -0.39 is 0 Å². The number of halogens is 2. The Morgan fingerprint density at radius 2 is 2.15 bits per heavy atom. The molecule has 0 bridgehead atoms. The molecule has 0 nitrogen and oxygen atoms in total. The summed E-state index contributed by atoms with van der Waals surface area (Å²) in [6.07, 6.45) is 0.926. The normalized spacial score (nSPS) is 11.0. The summed E-state index contributed by atoms with van der Waals surface area (Å²) in [6, 6.07) is 5.38. The van der Waals surface area contributed by atoms with Gasteiger partial charge in [-0.25, -0.2) is 0 Å². The van der Waals surface area contributed by atoms with E-state index in [0.29, 0.717) is 5.02 Å². The monoisotopic (exact) mass is 214 g/mol. The highest BCUT2D eigenvalue weighted by Gasteiger charge is 2.05. The molecular formula is C10H8ClFS. The van der Waals surface area contributed by atoms with E-state index in [1.807, 2.05) is 12.1 Å². The molecule has 3 heteroatoms. The van der Waals surface area contributed by atoms with Crippen molar-refractivity contribution >= 4 is 33.0 Å². The van der Waals surface area contributed by atoms with Gasteiger partial charge in [0.2, 0.25) is 0 Å². The first kappa shape index (κ1) is 8.97. The van der Waals surface area contributed by atoms with E-state index in [2.05, 4.69) is 6.92 Å². The highest BCUT2D eigenvalue weighted by atomic mass is 35.5. The lowest BCUT2D eigenvalue weighted by Crippen LogP contribution is -1.78. The molecule has 1 aromatic heterocycles. The van der Waals surface area contributed by atoms with Gasteiger partial charge in [-0.05, 0) is 30.2 Å². The fourth-order valence-corrected chi connectivity index (χ4v) is 2.55. The Labute approximate surface area is 85.0 Å². The van der Waals surface area contributed by atoms with Crippen LogP contribution in [-0.2, 0) is 6.42 Å². The number of benzene rings is 1. The number of rotatable bonds is 1. The predicted molar refractivity (Wildman–Crippen MR) is 56.2 cm³/mol. The third-order valence-electron chi connectivity index (χ3n) is 2.02. The second-order valence-electron chi connectivity index (χ2n) is 2.89. The molecule has 0 amide bonds. The molecular weight excluding hydrogens is 207 g/mol. The minimum atomic E-state index is -0.176. The third-order valence-corrected chi connectivity index (χ3v) is 3.21. The van der Waals surface area contributed by atoms with Gasteiger partial charge < -0.3 is 0 Å². The maximum Gasteiger partial charge on any atom is 0.177 e. The molecule has 2 rings (SSSR count). The van der Waals surface area contributed by atoms with Crippen molar-refractivity contribution < 1.29 is 4.39 Å². The van der Waals surface area contributed by atoms with Gasteiger partial charge >= 0.3 is 0 Å². The third kappa shape index (κ3) is 1.56. The Morgan fingerprint density at radius 3 is 2.85 bits per heavy atom. The van der Waals surface area contributed by atoms with Crippen molar-refractivity contribution in [1.29, 1.82) is 0 Å². The summed E-state index contributed by atoms with van der Waals surface area (Å²) in [5.41, 5.74) is 1.15. The van der Waals surface area contributed by atoms with Crippen LogP contribution in [0.2, 0.25) is 5.02 Å². The topological polar surface area (TPSA) is 0 Å². The maximum absolute atomic E-state index is 12.9. The molecule has 0 unspecified atom stereocenters. The minimum Gasteiger partial charge on any atom is -0.195 e. The lowest BCUT2D eigenvalue weighted by molar-refractivity contribution is 0.658. The Balaban J connectivity index is 2.75. The van der Waals surface area contributed by atoms with Crippen LogP contribution in [0.4, 0.5) is 4.39 Å². The van der Waals surface area contributed by atoms with Crippen LogP contribution in [0.5, 0.6) is 0 Å². The summed E-state index contributed by atoms with van der Waals surface area (Å²) in [7, 11) is 0. The summed E-state index contributed by atoms with van der Waals surface area (Å²) in [6.45, 7) is 2.06. The summed E-state index contributed by atoms with van der Waals surface area (Å²) >= 11 is 7.14. The Kier molecular flexibility index (Phi) is 2.26. The van der Waals surface area contributed by atoms with Crippen molar-refractivity contribution in [3.05, 3.63) is 33.9 Å². The molecule has 0 N–H and O–H groups in total. The zero-order valence-electron chi connectivity index (χ0n) is 7.10. The first-order chi connectivity index (χ1) is 6.20. The molecule has 2 aromatic rings. The van der Waals surface area contributed by atoms with Crippen LogP contribution in [0.1, 0.15) is 12.5 Å². The van der Waals surface area contributed by atoms with Crippen LogP contribution in [-0.4, -0.2) is 0 Å². The summed E-state index contributed by atoms with van der Waals surface area (Å²) < 4.78 is 13.8. The molecule has 1 heterocycles. The number of hydrogen-bond donors (Lipinski definition) is 0. The smallest absolute Gasteiger partial charge is 0.177 e. The number of thiophene rings is 1. The van der Waals surface area contributed by atoms with Crippen LogP contribution < -0.4 is 0 Å². The Morgan fingerprint density at radius 1 is 1.38 bits per heavy atom. The van der Waals surface area contributed by atoms with Crippen molar-refractivity contribution in [3.63, 3.8) is 0 Å². The van der Waals surface area contributed by atoms with E-state index in [1.165, 1.54) is 6.07 Å². The molecule has 0 aliphatic carbocycles. The van der Waals surface area contributed by atoms with Gasteiger partial charge in [0, 0.05) is 15.1 Å². The average Bonchev–Trinajstić information content (AvgIpc) is 2.46. The standard InChI is InChI=1S/C10H8ClFS/c1-2-6-3-8(11)7-5-10(12)13-9(7)4-6/h3-5H,2H2,1H3. The zero-order chi connectivity index (χ0) is 9.42. The van der Waals surface area contributed by atoms with E-state index in [4.69, 9.17) is 11.6 Å². The van der Waals surface area contributed by atoms with Gasteiger partial charge in [-0.15, -0.1) is 11.3 Å². The lowest BCUT2D eigenvalue weighted by atomic mass is 10.1. The van der Waals surface area contributed by atoms with Crippen LogP contribution in [0.15, 0.2) is 18.2 Å². The van der Waals surface area contributed by atoms with Crippen molar-refractivity contribution in [3.8, 4) is 0 Å². The van der Waals surface area contributed by atoms with Gasteiger partial charge in [-0.2, -0.15) is 4.39 Å².